The van der Waals surface area contributed by atoms with Crippen LogP contribution in [0.25, 0.3) is 0 Å². The van der Waals surface area contributed by atoms with Crippen LogP contribution in [-0.4, -0.2) is 20.8 Å². The zero-order chi connectivity index (χ0) is 11.3. The quantitative estimate of drug-likeness (QED) is 0.841. The second-order valence-corrected chi connectivity index (χ2v) is 3.52. The fraction of sp³-hybridized carbons (Fsp3) is 0.455. The zero-order valence-corrected chi connectivity index (χ0v) is 10.0. The van der Waals surface area contributed by atoms with Crippen molar-refractivity contribution in [2.24, 2.45) is 0 Å². The van der Waals surface area contributed by atoms with E-state index in [2.05, 4.69) is 12.2 Å². The highest BCUT2D eigenvalue weighted by Crippen LogP contribution is 2.35. The molecule has 0 spiro atoms. The van der Waals surface area contributed by atoms with Crippen LogP contribution in [0.2, 0.25) is 5.02 Å². The van der Waals surface area contributed by atoms with Gasteiger partial charge in [0.1, 0.15) is 11.5 Å². The first-order valence-electron chi connectivity index (χ1n) is 4.88. The van der Waals surface area contributed by atoms with E-state index in [4.69, 9.17) is 21.1 Å². The average Bonchev–Trinajstić information content (AvgIpc) is 2.26. The molecule has 0 bridgehead atoms. The number of rotatable bonds is 5. The maximum absolute atomic E-state index is 6.02. The number of benzene rings is 1. The van der Waals surface area contributed by atoms with Gasteiger partial charge in [0.25, 0.3) is 0 Å². The lowest BCUT2D eigenvalue weighted by Gasteiger charge is -2.13. The number of methoxy groups -OCH3 is 2. The lowest BCUT2D eigenvalue weighted by Crippen LogP contribution is -2.02. The molecule has 0 aliphatic rings. The van der Waals surface area contributed by atoms with Crippen molar-refractivity contribution in [1.29, 1.82) is 0 Å². The van der Waals surface area contributed by atoms with Crippen molar-refractivity contribution in [3.05, 3.63) is 17.2 Å². The summed E-state index contributed by atoms with van der Waals surface area (Å²) in [5.74, 6) is 1.36. The summed E-state index contributed by atoms with van der Waals surface area (Å²) in [5.41, 5.74) is 0.894. The van der Waals surface area contributed by atoms with E-state index in [1.807, 2.05) is 6.07 Å². The Morgan fingerprint density at radius 3 is 2.40 bits per heavy atom. The third-order valence-electron chi connectivity index (χ3n) is 2.04. The summed E-state index contributed by atoms with van der Waals surface area (Å²) in [6.45, 7) is 2.99. The largest absolute Gasteiger partial charge is 0.495 e. The van der Waals surface area contributed by atoms with E-state index in [-0.39, 0.29) is 0 Å². The maximum atomic E-state index is 6.02. The summed E-state index contributed by atoms with van der Waals surface area (Å²) in [4.78, 5) is 0. The number of anilines is 1. The Morgan fingerprint density at radius 2 is 1.87 bits per heavy atom. The molecule has 1 aromatic carbocycles. The van der Waals surface area contributed by atoms with E-state index in [0.29, 0.717) is 10.8 Å². The minimum Gasteiger partial charge on any atom is -0.495 e. The van der Waals surface area contributed by atoms with Gasteiger partial charge in [0.2, 0.25) is 0 Å². The molecule has 0 fully saturated rings. The van der Waals surface area contributed by atoms with Gasteiger partial charge in [-0.25, -0.2) is 0 Å². The first-order chi connectivity index (χ1) is 7.22. The Bertz CT molecular complexity index is 329. The number of ether oxygens (including phenoxy) is 2. The van der Waals surface area contributed by atoms with Crippen molar-refractivity contribution in [2.45, 2.75) is 13.3 Å². The molecule has 1 aromatic rings. The normalized spacial score (nSPS) is 9.87. The van der Waals surface area contributed by atoms with E-state index >= 15 is 0 Å². The van der Waals surface area contributed by atoms with Crippen LogP contribution in [0.15, 0.2) is 12.1 Å². The predicted octanol–water partition coefficient (Wildman–Crippen LogP) is 3.18. The van der Waals surface area contributed by atoms with Crippen LogP contribution in [0.5, 0.6) is 11.5 Å². The van der Waals surface area contributed by atoms with Crippen LogP contribution in [0, 0.1) is 0 Å². The predicted molar refractivity (Wildman–Crippen MR) is 63.3 cm³/mol. The Balaban J connectivity index is 2.98. The van der Waals surface area contributed by atoms with Gasteiger partial charge in [-0.2, -0.15) is 0 Å². The Kier molecular flexibility index (Phi) is 4.56. The van der Waals surface area contributed by atoms with Crippen molar-refractivity contribution in [3.8, 4) is 11.5 Å². The van der Waals surface area contributed by atoms with Gasteiger partial charge in [-0.3, -0.25) is 0 Å². The minimum atomic E-state index is 0.580. The van der Waals surface area contributed by atoms with Crippen molar-refractivity contribution >= 4 is 17.3 Å². The second-order valence-electron chi connectivity index (χ2n) is 3.11. The van der Waals surface area contributed by atoms with Crippen molar-refractivity contribution in [1.82, 2.24) is 0 Å². The molecule has 4 heteroatoms. The van der Waals surface area contributed by atoms with E-state index in [1.54, 1.807) is 20.3 Å². The van der Waals surface area contributed by atoms with E-state index < -0.39 is 0 Å². The standard InChI is InChI=1S/C11H16ClNO2/c1-4-5-13-9-6-8(12)10(14-2)7-11(9)15-3/h6-7,13H,4-5H2,1-3H3. The number of nitrogens with one attached hydrogen (secondary N) is 1. The third kappa shape index (κ3) is 2.93. The van der Waals surface area contributed by atoms with Crippen molar-refractivity contribution in [3.63, 3.8) is 0 Å². The highest BCUT2D eigenvalue weighted by atomic mass is 35.5. The number of halogens is 1. The molecule has 0 aliphatic heterocycles. The lowest BCUT2D eigenvalue weighted by atomic mass is 10.2. The second kappa shape index (κ2) is 5.71. The lowest BCUT2D eigenvalue weighted by molar-refractivity contribution is 0.395. The minimum absolute atomic E-state index is 0.580. The van der Waals surface area contributed by atoms with Crippen LogP contribution in [-0.2, 0) is 0 Å². The molecule has 15 heavy (non-hydrogen) atoms. The summed E-state index contributed by atoms with van der Waals surface area (Å²) in [6, 6.07) is 3.59. The van der Waals surface area contributed by atoms with Gasteiger partial charge in [-0.1, -0.05) is 18.5 Å². The molecule has 0 aromatic heterocycles. The van der Waals surface area contributed by atoms with Crippen LogP contribution in [0.4, 0.5) is 5.69 Å². The molecule has 0 saturated heterocycles. The maximum Gasteiger partial charge on any atom is 0.145 e. The van der Waals surface area contributed by atoms with Gasteiger partial charge >= 0.3 is 0 Å². The van der Waals surface area contributed by atoms with Crippen molar-refractivity contribution in [2.75, 3.05) is 26.1 Å². The van der Waals surface area contributed by atoms with E-state index in [1.165, 1.54) is 0 Å². The molecule has 1 rings (SSSR count). The molecule has 0 atom stereocenters. The summed E-state index contributed by atoms with van der Waals surface area (Å²) in [6.07, 6.45) is 1.05. The molecule has 0 heterocycles. The zero-order valence-electron chi connectivity index (χ0n) is 9.26. The molecule has 0 radical (unpaired) electrons. The summed E-state index contributed by atoms with van der Waals surface area (Å²) in [5, 5.41) is 3.82. The SMILES string of the molecule is CCCNc1cc(Cl)c(OC)cc1OC. The molecule has 1 N–H and O–H groups in total. The van der Waals surface area contributed by atoms with Crippen LogP contribution >= 0.6 is 11.6 Å². The topological polar surface area (TPSA) is 30.5 Å². The third-order valence-corrected chi connectivity index (χ3v) is 2.33. The van der Waals surface area contributed by atoms with Gasteiger partial charge in [0.15, 0.2) is 0 Å². The van der Waals surface area contributed by atoms with Gasteiger partial charge < -0.3 is 14.8 Å². The molecule has 84 valence electrons. The monoisotopic (exact) mass is 229 g/mol. The van der Waals surface area contributed by atoms with Crippen molar-refractivity contribution < 1.29 is 9.47 Å². The highest BCUT2D eigenvalue weighted by Gasteiger charge is 2.08. The molecule has 0 amide bonds. The smallest absolute Gasteiger partial charge is 0.145 e. The molecular formula is C11H16ClNO2. The van der Waals surface area contributed by atoms with E-state index in [9.17, 15) is 0 Å². The van der Waals surface area contributed by atoms with Gasteiger partial charge in [-0.15, -0.1) is 0 Å². The Labute approximate surface area is 95.3 Å². The number of hydrogen-bond donors (Lipinski definition) is 1. The van der Waals surface area contributed by atoms with Crippen LogP contribution < -0.4 is 14.8 Å². The Morgan fingerprint density at radius 1 is 1.20 bits per heavy atom. The fourth-order valence-corrected chi connectivity index (χ4v) is 1.50. The Hall–Kier alpha value is -1.09. The molecule has 0 aliphatic carbocycles. The number of hydrogen-bond acceptors (Lipinski definition) is 3. The van der Waals surface area contributed by atoms with Gasteiger partial charge in [-0.05, 0) is 12.5 Å². The molecule has 3 nitrogen and oxygen atoms in total. The average molecular weight is 230 g/mol. The summed E-state index contributed by atoms with van der Waals surface area (Å²) < 4.78 is 10.3. The van der Waals surface area contributed by atoms with Crippen LogP contribution in [0.3, 0.4) is 0 Å². The first kappa shape index (κ1) is 12.0. The summed E-state index contributed by atoms with van der Waals surface area (Å²) in [7, 11) is 3.21. The molecule has 0 unspecified atom stereocenters. The van der Waals surface area contributed by atoms with Crippen LogP contribution in [0.1, 0.15) is 13.3 Å². The molecule has 0 saturated carbocycles. The van der Waals surface area contributed by atoms with Gasteiger partial charge in [0, 0.05) is 12.6 Å². The first-order valence-corrected chi connectivity index (χ1v) is 5.26. The van der Waals surface area contributed by atoms with E-state index in [0.717, 1.165) is 24.4 Å². The fourth-order valence-electron chi connectivity index (χ4n) is 1.26. The summed E-state index contributed by atoms with van der Waals surface area (Å²) >= 11 is 6.02. The van der Waals surface area contributed by atoms with Gasteiger partial charge in [0.05, 0.1) is 24.9 Å². The molecular weight excluding hydrogens is 214 g/mol. The highest BCUT2D eigenvalue weighted by molar-refractivity contribution is 6.32.